The van der Waals surface area contributed by atoms with Gasteiger partial charge in [0, 0.05) is 26.8 Å². The summed E-state index contributed by atoms with van der Waals surface area (Å²) in [6.45, 7) is 1.09. The van der Waals surface area contributed by atoms with Crippen LogP contribution >= 0.6 is 0 Å². The molecular weight excluding hydrogens is 180 g/mol. The van der Waals surface area contributed by atoms with E-state index in [0.717, 1.165) is 0 Å². The first-order valence-corrected chi connectivity index (χ1v) is 5.44. The molecule has 0 spiro atoms. The van der Waals surface area contributed by atoms with Gasteiger partial charge in [-0.1, -0.05) is 0 Å². The molecule has 0 rings (SSSR count). The Labute approximate surface area is 73.3 Å². The zero-order valence-electron chi connectivity index (χ0n) is 7.25. The number of nitrogens with two attached hydrogens (primary N) is 1. The molecule has 0 heterocycles. The summed E-state index contributed by atoms with van der Waals surface area (Å²) in [4.78, 5) is 0. The van der Waals surface area contributed by atoms with Crippen LogP contribution in [0.25, 0.3) is 0 Å². The number of ether oxygens (including phenoxy) is 1. The van der Waals surface area contributed by atoms with E-state index in [2.05, 4.69) is 4.72 Å². The van der Waals surface area contributed by atoms with Gasteiger partial charge in [-0.2, -0.15) is 0 Å². The standard InChI is InChI=1S/C6H16N2O3S/c1-11-5-2-6-12(9,10)8-4-3-7/h8H,2-7H2,1H3. The predicted molar refractivity (Wildman–Crippen MR) is 47.3 cm³/mol. The van der Waals surface area contributed by atoms with Gasteiger partial charge < -0.3 is 10.5 Å². The quantitative estimate of drug-likeness (QED) is 0.506. The fourth-order valence-electron chi connectivity index (χ4n) is 0.680. The van der Waals surface area contributed by atoms with E-state index in [-0.39, 0.29) is 5.75 Å². The minimum Gasteiger partial charge on any atom is -0.385 e. The lowest BCUT2D eigenvalue weighted by atomic mass is 10.5. The minimum atomic E-state index is -3.13. The Bertz CT molecular complexity index is 191. The molecule has 12 heavy (non-hydrogen) atoms. The van der Waals surface area contributed by atoms with Crippen LogP contribution in [0.5, 0.6) is 0 Å². The van der Waals surface area contributed by atoms with Gasteiger partial charge >= 0.3 is 0 Å². The second-order valence-corrected chi connectivity index (χ2v) is 4.27. The van der Waals surface area contributed by atoms with Crippen molar-refractivity contribution in [3.05, 3.63) is 0 Å². The van der Waals surface area contributed by atoms with Crippen molar-refractivity contribution < 1.29 is 13.2 Å². The van der Waals surface area contributed by atoms with Crippen LogP contribution < -0.4 is 10.5 Å². The molecule has 0 aromatic carbocycles. The van der Waals surface area contributed by atoms with E-state index in [0.29, 0.717) is 26.1 Å². The Morgan fingerprint density at radius 3 is 2.67 bits per heavy atom. The van der Waals surface area contributed by atoms with Crippen molar-refractivity contribution in [3.8, 4) is 0 Å². The number of sulfonamides is 1. The summed E-state index contributed by atoms with van der Waals surface area (Å²) in [5.74, 6) is 0.0981. The Kier molecular flexibility index (Phi) is 6.27. The summed E-state index contributed by atoms with van der Waals surface area (Å²) in [6.07, 6.45) is 0.510. The Morgan fingerprint density at radius 2 is 2.17 bits per heavy atom. The lowest BCUT2D eigenvalue weighted by Gasteiger charge is -2.03. The summed E-state index contributed by atoms with van der Waals surface area (Å²) in [5, 5.41) is 0. The van der Waals surface area contributed by atoms with Crippen molar-refractivity contribution in [2.75, 3.05) is 32.6 Å². The SMILES string of the molecule is COCCCS(=O)(=O)NCCN. The molecule has 0 aliphatic carbocycles. The highest BCUT2D eigenvalue weighted by atomic mass is 32.2. The molecule has 0 aliphatic rings. The molecule has 0 bridgehead atoms. The van der Waals surface area contributed by atoms with Gasteiger partial charge in [0.25, 0.3) is 0 Å². The average Bonchev–Trinajstić information content (AvgIpc) is 2.01. The highest BCUT2D eigenvalue weighted by molar-refractivity contribution is 7.89. The number of hydrogen-bond donors (Lipinski definition) is 2. The minimum absolute atomic E-state index is 0.0981. The maximum absolute atomic E-state index is 11.0. The van der Waals surface area contributed by atoms with Crippen LogP contribution in [0.3, 0.4) is 0 Å². The third kappa shape index (κ3) is 6.53. The molecule has 0 aliphatic heterocycles. The van der Waals surface area contributed by atoms with Crippen molar-refractivity contribution in [1.29, 1.82) is 0 Å². The van der Waals surface area contributed by atoms with Crippen LogP contribution in [-0.4, -0.2) is 41.0 Å². The first kappa shape index (κ1) is 11.8. The number of rotatable bonds is 7. The number of hydrogen-bond acceptors (Lipinski definition) is 4. The Hall–Kier alpha value is -0.170. The van der Waals surface area contributed by atoms with Gasteiger partial charge in [-0.15, -0.1) is 0 Å². The summed E-state index contributed by atoms with van der Waals surface area (Å²) >= 11 is 0. The predicted octanol–water partition coefficient (Wildman–Crippen LogP) is -1.10. The Balaban J connectivity index is 3.58. The normalized spacial score (nSPS) is 11.8. The fraction of sp³-hybridized carbons (Fsp3) is 1.00. The molecule has 0 aromatic heterocycles. The lowest BCUT2D eigenvalue weighted by molar-refractivity contribution is 0.199. The molecule has 0 saturated carbocycles. The molecule has 3 N–H and O–H groups in total. The van der Waals surface area contributed by atoms with E-state index >= 15 is 0 Å². The monoisotopic (exact) mass is 196 g/mol. The summed E-state index contributed by atoms with van der Waals surface area (Å²) < 4.78 is 29.2. The summed E-state index contributed by atoms with van der Waals surface area (Å²) in [7, 11) is -1.58. The van der Waals surface area contributed by atoms with Gasteiger partial charge in [-0.05, 0) is 6.42 Å². The average molecular weight is 196 g/mol. The molecule has 0 aromatic rings. The second kappa shape index (κ2) is 6.36. The van der Waals surface area contributed by atoms with Gasteiger partial charge in [-0.3, -0.25) is 0 Å². The van der Waals surface area contributed by atoms with Crippen LogP contribution in [0.2, 0.25) is 0 Å². The molecule has 5 nitrogen and oxygen atoms in total. The second-order valence-electron chi connectivity index (χ2n) is 2.35. The summed E-state index contributed by atoms with van der Waals surface area (Å²) in [6, 6.07) is 0. The van der Waals surface area contributed by atoms with Crippen LogP contribution in [0.15, 0.2) is 0 Å². The first-order valence-electron chi connectivity index (χ1n) is 3.78. The molecule has 0 fully saturated rings. The van der Waals surface area contributed by atoms with E-state index in [4.69, 9.17) is 10.5 Å². The molecule has 0 amide bonds. The van der Waals surface area contributed by atoms with Crippen molar-refractivity contribution in [3.63, 3.8) is 0 Å². The van der Waals surface area contributed by atoms with E-state index in [1.165, 1.54) is 0 Å². The van der Waals surface area contributed by atoms with Gasteiger partial charge in [0.15, 0.2) is 0 Å². The zero-order valence-corrected chi connectivity index (χ0v) is 8.06. The third-order valence-corrected chi connectivity index (χ3v) is 2.70. The molecule has 0 unspecified atom stereocenters. The van der Waals surface area contributed by atoms with Gasteiger partial charge in [-0.25, -0.2) is 13.1 Å². The van der Waals surface area contributed by atoms with Crippen LogP contribution in [-0.2, 0) is 14.8 Å². The van der Waals surface area contributed by atoms with Crippen molar-refractivity contribution in [2.45, 2.75) is 6.42 Å². The molecule has 0 atom stereocenters. The van der Waals surface area contributed by atoms with Crippen molar-refractivity contribution in [2.24, 2.45) is 5.73 Å². The molecular formula is C6H16N2O3S. The van der Waals surface area contributed by atoms with Gasteiger partial charge in [0.1, 0.15) is 0 Å². The smallest absolute Gasteiger partial charge is 0.211 e. The molecule has 74 valence electrons. The largest absolute Gasteiger partial charge is 0.385 e. The van der Waals surface area contributed by atoms with Crippen molar-refractivity contribution in [1.82, 2.24) is 4.72 Å². The molecule has 0 saturated heterocycles. The van der Waals surface area contributed by atoms with E-state index in [1.807, 2.05) is 0 Å². The zero-order chi connectivity index (χ0) is 9.45. The Morgan fingerprint density at radius 1 is 1.50 bits per heavy atom. The van der Waals surface area contributed by atoms with E-state index in [1.54, 1.807) is 7.11 Å². The first-order chi connectivity index (χ1) is 5.62. The van der Waals surface area contributed by atoms with Gasteiger partial charge in [0.2, 0.25) is 10.0 Å². The van der Waals surface area contributed by atoms with E-state index in [9.17, 15) is 8.42 Å². The van der Waals surface area contributed by atoms with Crippen LogP contribution in [0.1, 0.15) is 6.42 Å². The highest BCUT2D eigenvalue weighted by Crippen LogP contribution is 1.88. The highest BCUT2D eigenvalue weighted by Gasteiger charge is 2.07. The lowest BCUT2D eigenvalue weighted by Crippen LogP contribution is -2.31. The van der Waals surface area contributed by atoms with Crippen LogP contribution in [0, 0.1) is 0 Å². The van der Waals surface area contributed by atoms with E-state index < -0.39 is 10.0 Å². The molecule has 6 heteroatoms. The molecule has 0 radical (unpaired) electrons. The topological polar surface area (TPSA) is 81.4 Å². The fourth-order valence-corrected chi connectivity index (χ4v) is 1.75. The van der Waals surface area contributed by atoms with Crippen LogP contribution in [0.4, 0.5) is 0 Å². The van der Waals surface area contributed by atoms with Crippen molar-refractivity contribution >= 4 is 10.0 Å². The van der Waals surface area contributed by atoms with Gasteiger partial charge in [0.05, 0.1) is 5.75 Å². The maximum atomic E-state index is 11.0. The third-order valence-electron chi connectivity index (χ3n) is 1.23. The number of methoxy groups -OCH3 is 1. The summed E-state index contributed by atoms with van der Waals surface area (Å²) in [5.41, 5.74) is 5.14. The maximum Gasteiger partial charge on any atom is 0.211 e. The number of nitrogens with one attached hydrogen (secondary N) is 1.